The number of carbonyl (C=O) groups is 1. The van der Waals surface area contributed by atoms with E-state index in [1.807, 2.05) is 31.7 Å². The van der Waals surface area contributed by atoms with Crippen LogP contribution in [0.3, 0.4) is 0 Å². The van der Waals surface area contributed by atoms with Gasteiger partial charge in [-0.1, -0.05) is 5.92 Å². The van der Waals surface area contributed by atoms with Crippen molar-refractivity contribution in [2.24, 2.45) is 0 Å². The average Bonchev–Trinajstić information content (AvgIpc) is 2.85. The summed E-state index contributed by atoms with van der Waals surface area (Å²) in [5, 5.41) is 9.97. The van der Waals surface area contributed by atoms with Crippen molar-refractivity contribution >= 4 is 6.09 Å². The van der Waals surface area contributed by atoms with Crippen LogP contribution in [0.2, 0.25) is 0 Å². The molecule has 25 heavy (non-hydrogen) atoms. The number of rotatable bonds is 1. The largest absolute Gasteiger partial charge is 0.444 e. The average molecular weight is 337 g/mol. The van der Waals surface area contributed by atoms with Gasteiger partial charge in [-0.2, -0.15) is 5.26 Å². The van der Waals surface area contributed by atoms with Crippen LogP contribution in [0.25, 0.3) is 0 Å². The minimum Gasteiger partial charge on any atom is -0.444 e. The molecule has 130 valence electrons. The predicted octanol–water partition coefficient (Wildman–Crippen LogP) is 3.39. The van der Waals surface area contributed by atoms with Gasteiger partial charge >= 0.3 is 6.09 Å². The predicted molar refractivity (Wildman–Crippen MR) is 93.6 cm³/mol. The summed E-state index contributed by atoms with van der Waals surface area (Å²) in [6.45, 7) is 5.61. The zero-order valence-corrected chi connectivity index (χ0v) is 15.0. The normalized spacial score (nSPS) is 28.1. The molecule has 3 atom stereocenters. The Morgan fingerprint density at radius 1 is 1.36 bits per heavy atom. The fraction of sp³-hybridized carbons (Fsp3) is 0.550. The molecule has 0 aliphatic carbocycles. The zero-order valence-electron chi connectivity index (χ0n) is 15.0. The molecular formula is C20H23N3O2. The first-order chi connectivity index (χ1) is 11.8. The molecule has 0 radical (unpaired) electrons. The number of hydrogen-bond donors (Lipinski definition) is 0. The maximum Gasteiger partial charge on any atom is 0.410 e. The third kappa shape index (κ3) is 3.20. The number of ether oxygens (including phenoxy) is 1. The van der Waals surface area contributed by atoms with Crippen LogP contribution in [-0.2, 0) is 10.2 Å². The van der Waals surface area contributed by atoms with Gasteiger partial charge in [0.1, 0.15) is 5.60 Å². The van der Waals surface area contributed by atoms with Crippen molar-refractivity contribution < 1.29 is 9.53 Å². The van der Waals surface area contributed by atoms with Crippen LogP contribution in [0.4, 0.5) is 4.79 Å². The second-order valence-electron chi connectivity index (χ2n) is 7.98. The maximum atomic E-state index is 12.6. The molecule has 2 saturated heterocycles. The first-order valence-electron chi connectivity index (χ1n) is 8.63. The van der Waals surface area contributed by atoms with Gasteiger partial charge in [0.05, 0.1) is 11.5 Å². The van der Waals surface area contributed by atoms with Crippen molar-refractivity contribution in [3.63, 3.8) is 0 Å². The number of aromatic nitrogens is 1. The van der Waals surface area contributed by atoms with Gasteiger partial charge < -0.3 is 9.64 Å². The van der Waals surface area contributed by atoms with Crippen molar-refractivity contribution in [3.8, 4) is 18.4 Å². The minimum atomic E-state index is -0.649. The SMILES string of the molecule is C#Cc1cncc([C@@]2(C#N)C[C@H]3CC[C@@H](C2)N3C(=O)OC(C)(C)C)c1. The molecule has 3 rings (SSSR count). The number of hydrogen-bond acceptors (Lipinski definition) is 4. The second-order valence-corrected chi connectivity index (χ2v) is 7.98. The van der Waals surface area contributed by atoms with Gasteiger partial charge in [0.2, 0.25) is 0 Å². The van der Waals surface area contributed by atoms with Crippen molar-refractivity contribution in [1.29, 1.82) is 5.26 Å². The fourth-order valence-corrected chi connectivity index (χ4v) is 4.03. The van der Waals surface area contributed by atoms with Crippen LogP contribution < -0.4 is 0 Å². The highest BCUT2D eigenvalue weighted by Crippen LogP contribution is 2.47. The number of nitrogens with zero attached hydrogens (tertiary/aromatic N) is 3. The highest BCUT2D eigenvalue weighted by atomic mass is 16.6. The van der Waals surface area contributed by atoms with E-state index in [0.29, 0.717) is 18.4 Å². The van der Waals surface area contributed by atoms with E-state index in [1.165, 1.54) is 0 Å². The van der Waals surface area contributed by atoms with Crippen LogP contribution in [-0.4, -0.2) is 33.7 Å². The number of fused-ring (bicyclic) bond motifs is 2. The van der Waals surface area contributed by atoms with E-state index in [-0.39, 0.29) is 18.2 Å². The third-order valence-electron chi connectivity index (χ3n) is 5.06. The number of pyridine rings is 1. The highest BCUT2D eigenvalue weighted by molar-refractivity contribution is 5.70. The Hall–Kier alpha value is -2.53. The second kappa shape index (κ2) is 6.08. The standard InChI is InChI=1S/C20H23N3O2/c1-5-14-8-15(12-22-11-14)20(13-21)9-16-6-7-17(10-20)23(16)18(24)25-19(2,3)4/h1,8,11-12,16-17H,6-7,9-10H2,2-4H3/t16-,17+,20+. The summed E-state index contributed by atoms with van der Waals surface area (Å²) >= 11 is 0. The first kappa shape index (κ1) is 17.3. The van der Waals surface area contributed by atoms with Crippen LogP contribution in [0, 0.1) is 23.7 Å². The van der Waals surface area contributed by atoms with Gasteiger partial charge in [-0.25, -0.2) is 4.79 Å². The Balaban J connectivity index is 1.88. The topological polar surface area (TPSA) is 66.2 Å². The fourth-order valence-electron chi connectivity index (χ4n) is 4.03. The summed E-state index contributed by atoms with van der Waals surface area (Å²) in [7, 11) is 0. The first-order valence-corrected chi connectivity index (χ1v) is 8.63. The summed E-state index contributed by atoms with van der Waals surface area (Å²) < 4.78 is 5.57. The molecule has 5 nitrogen and oxygen atoms in total. The lowest BCUT2D eigenvalue weighted by atomic mass is 9.71. The molecule has 2 fully saturated rings. The van der Waals surface area contributed by atoms with Gasteiger partial charge in [0.25, 0.3) is 0 Å². The van der Waals surface area contributed by atoms with Crippen molar-refractivity contribution in [1.82, 2.24) is 9.88 Å². The van der Waals surface area contributed by atoms with Crippen LogP contribution >= 0.6 is 0 Å². The lowest BCUT2D eigenvalue weighted by molar-refractivity contribution is 0.00232. The van der Waals surface area contributed by atoms with Gasteiger partial charge in [-0.15, -0.1) is 6.42 Å². The molecule has 2 bridgehead atoms. The van der Waals surface area contributed by atoms with E-state index in [0.717, 1.165) is 18.4 Å². The van der Waals surface area contributed by atoms with E-state index in [2.05, 4.69) is 17.0 Å². The van der Waals surface area contributed by atoms with Gasteiger partial charge in [0, 0.05) is 30.0 Å². The number of terminal acetylenes is 1. The molecule has 1 aromatic heterocycles. The summed E-state index contributed by atoms with van der Waals surface area (Å²) in [4.78, 5) is 18.6. The molecule has 0 aromatic carbocycles. The van der Waals surface area contributed by atoms with Gasteiger partial charge in [-0.3, -0.25) is 4.98 Å². The van der Waals surface area contributed by atoms with Crippen molar-refractivity contribution in [2.45, 2.75) is 69.6 Å². The molecule has 2 aliphatic rings. The lowest BCUT2D eigenvalue weighted by Gasteiger charge is -2.43. The van der Waals surface area contributed by atoms with Crippen molar-refractivity contribution in [2.75, 3.05) is 0 Å². The lowest BCUT2D eigenvalue weighted by Crippen LogP contribution is -2.52. The smallest absolute Gasteiger partial charge is 0.410 e. The highest BCUT2D eigenvalue weighted by Gasteiger charge is 2.52. The Morgan fingerprint density at radius 2 is 2.00 bits per heavy atom. The molecule has 1 aromatic rings. The van der Waals surface area contributed by atoms with Crippen LogP contribution in [0.5, 0.6) is 0 Å². The quantitative estimate of drug-likeness (QED) is 0.737. The van der Waals surface area contributed by atoms with E-state index in [9.17, 15) is 10.1 Å². The Kier molecular flexibility index (Phi) is 4.21. The van der Waals surface area contributed by atoms with Crippen LogP contribution in [0.1, 0.15) is 57.6 Å². The summed E-state index contributed by atoms with van der Waals surface area (Å²) in [6, 6.07) is 4.41. The molecule has 3 heterocycles. The molecule has 5 heteroatoms. The number of nitriles is 1. The van der Waals surface area contributed by atoms with Gasteiger partial charge in [0.15, 0.2) is 0 Å². The molecule has 0 N–H and O–H groups in total. The Morgan fingerprint density at radius 3 is 2.52 bits per heavy atom. The van der Waals surface area contributed by atoms with Crippen molar-refractivity contribution in [3.05, 3.63) is 29.6 Å². The van der Waals surface area contributed by atoms with E-state index in [4.69, 9.17) is 11.2 Å². The molecule has 0 saturated carbocycles. The third-order valence-corrected chi connectivity index (χ3v) is 5.06. The van der Waals surface area contributed by atoms with E-state index < -0.39 is 11.0 Å². The van der Waals surface area contributed by atoms with Gasteiger partial charge in [-0.05, 0) is 58.1 Å². The molecule has 0 unspecified atom stereocenters. The summed E-state index contributed by atoms with van der Waals surface area (Å²) in [5.41, 5.74) is 0.357. The van der Waals surface area contributed by atoms with Crippen LogP contribution in [0.15, 0.2) is 18.5 Å². The molecule has 0 spiro atoms. The number of piperidine rings is 1. The summed E-state index contributed by atoms with van der Waals surface area (Å²) in [6.07, 6.45) is 11.5. The maximum absolute atomic E-state index is 12.6. The molecular weight excluding hydrogens is 314 g/mol. The monoisotopic (exact) mass is 337 g/mol. The number of carbonyl (C=O) groups excluding carboxylic acids is 1. The molecule has 2 aliphatic heterocycles. The zero-order chi connectivity index (χ0) is 18.2. The Labute approximate surface area is 149 Å². The Bertz CT molecular complexity index is 752. The number of amides is 1. The van der Waals surface area contributed by atoms with E-state index in [1.54, 1.807) is 12.4 Å². The molecule has 1 amide bonds. The van der Waals surface area contributed by atoms with E-state index >= 15 is 0 Å². The summed E-state index contributed by atoms with van der Waals surface area (Å²) in [5.74, 6) is 2.58. The minimum absolute atomic E-state index is 0.0164.